The summed E-state index contributed by atoms with van der Waals surface area (Å²) in [5.74, 6) is 0.542. The fourth-order valence-corrected chi connectivity index (χ4v) is 3.93. The zero-order valence-electron chi connectivity index (χ0n) is 18.4. The zero-order chi connectivity index (χ0) is 23.0. The van der Waals surface area contributed by atoms with E-state index in [0.717, 1.165) is 0 Å². The summed E-state index contributed by atoms with van der Waals surface area (Å²) >= 11 is 6.30. The summed E-state index contributed by atoms with van der Waals surface area (Å²) in [5.41, 5.74) is 1.85. The maximum Gasteiger partial charge on any atom is 0.261 e. The Morgan fingerprint density at radius 2 is 2.00 bits per heavy atom. The summed E-state index contributed by atoms with van der Waals surface area (Å²) < 4.78 is 11.2. The van der Waals surface area contributed by atoms with Crippen LogP contribution in [0, 0.1) is 12.3 Å². The molecule has 0 atom stereocenters. The van der Waals surface area contributed by atoms with E-state index in [0.29, 0.717) is 51.3 Å². The van der Waals surface area contributed by atoms with Crippen LogP contribution < -0.4 is 15.0 Å². The van der Waals surface area contributed by atoms with Gasteiger partial charge in [-0.3, -0.25) is 9.59 Å². The van der Waals surface area contributed by atoms with Gasteiger partial charge in [-0.15, -0.1) is 0 Å². The number of halogens is 1. The fraction of sp³-hybridized carbons (Fsp3) is 0.292. The number of carbonyl (C=O) groups is 2. The first-order chi connectivity index (χ1) is 15.2. The standard InChI is InChI=1S/C24H24ClN3O4/c1-5-28-18-11-10-15(12-19(18)31-13-24(3,4)23(28)30)26-22(29)20-14(2)32-27-21(20)16-8-6-7-9-17(16)25/h6-12H,5,13H2,1-4H3,(H,26,29). The average molecular weight is 454 g/mol. The maximum atomic E-state index is 13.2. The second-order valence-electron chi connectivity index (χ2n) is 8.30. The van der Waals surface area contributed by atoms with Gasteiger partial charge in [0.2, 0.25) is 5.91 Å². The second kappa shape index (κ2) is 8.31. The molecule has 3 aromatic rings. The van der Waals surface area contributed by atoms with Crippen LogP contribution in [-0.2, 0) is 4.79 Å². The number of anilines is 2. The van der Waals surface area contributed by atoms with Gasteiger partial charge in [0.05, 0.1) is 16.1 Å². The van der Waals surface area contributed by atoms with E-state index in [9.17, 15) is 9.59 Å². The second-order valence-corrected chi connectivity index (χ2v) is 8.71. The quantitative estimate of drug-likeness (QED) is 0.577. The monoisotopic (exact) mass is 453 g/mol. The molecule has 32 heavy (non-hydrogen) atoms. The third kappa shape index (κ3) is 3.84. The van der Waals surface area contributed by atoms with Crippen LogP contribution in [0.4, 0.5) is 11.4 Å². The van der Waals surface area contributed by atoms with Crippen LogP contribution >= 0.6 is 11.6 Å². The number of nitrogens with one attached hydrogen (secondary N) is 1. The largest absolute Gasteiger partial charge is 0.490 e. The number of ether oxygens (including phenoxy) is 1. The number of nitrogens with zero attached hydrogens (tertiary/aromatic N) is 2. The minimum Gasteiger partial charge on any atom is -0.490 e. The molecule has 1 N–H and O–H groups in total. The van der Waals surface area contributed by atoms with Gasteiger partial charge in [0.25, 0.3) is 5.91 Å². The van der Waals surface area contributed by atoms with E-state index in [2.05, 4.69) is 10.5 Å². The molecule has 0 aliphatic carbocycles. The van der Waals surface area contributed by atoms with E-state index in [1.165, 1.54) is 0 Å². The third-order valence-corrected chi connectivity index (χ3v) is 5.79. The number of aromatic nitrogens is 1. The number of benzene rings is 2. The molecule has 1 aromatic heterocycles. The summed E-state index contributed by atoms with van der Waals surface area (Å²) in [6, 6.07) is 12.4. The van der Waals surface area contributed by atoms with Gasteiger partial charge in [0.15, 0.2) is 0 Å². The summed E-state index contributed by atoms with van der Waals surface area (Å²) in [6.07, 6.45) is 0. The van der Waals surface area contributed by atoms with E-state index < -0.39 is 5.41 Å². The predicted octanol–water partition coefficient (Wildman–Crippen LogP) is 5.33. The highest BCUT2D eigenvalue weighted by molar-refractivity contribution is 6.33. The lowest BCUT2D eigenvalue weighted by atomic mass is 9.93. The minimum absolute atomic E-state index is 0.0000125. The molecule has 0 radical (unpaired) electrons. The first-order valence-corrected chi connectivity index (χ1v) is 10.7. The fourth-order valence-electron chi connectivity index (χ4n) is 3.71. The molecule has 0 saturated carbocycles. The lowest BCUT2D eigenvalue weighted by Crippen LogP contribution is -2.42. The Morgan fingerprint density at radius 1 is 1.25 bits per heavy atom. The number of hydrogen-bond donors (Lipinski definition) is 1. The Morgan fingerprint density at radius 3 is 2.72 bits per heavy atom. The number of fused-ring (bicyclic) bond motifs is 1. The smallest absolute Gasteiger partial charge is 0.261 e. The molecule has 166 valence electrons. The maximum absolute atomic E-state index is 13.2. The third-order valence-electron chi connectivity index (χ3n) is 5.46. The lowest BCUT2D eigenvalue weighted by molar-refractivity contribution is -0.127. The van der Waals surface area contributed by atoms with Crippen LogP contribution in [0.15, 0.2) is 47.0 Å². The Kier molecular flexibility index (Phi) is 5.69. The molecule has 0 unspecified atom stereocenters. The molecule has 7 nitrogen and oxygen atoms in total. The van der Waals surface area contributed by atoms with Crippen LogP contribution in [0.2, 0.25) is 5.02 Å². The topological polar surface area (TPSA) is 84.7 Å². The highest BCUT2D eigenvalue weighted by atomic mass is 35.5. The van der Waals surface area contributed by atoms with Gasteiger partial charge in [-0.1, -0.05) is 35.0 Å². The molecule has 2 heterocycles. The van der Waals surface area contributed by atoms with Gasteiger partial charge in [0, 0.05) is 23.9 Å². The van der Waals surface area contributed by atoms with Gasteiger partial charge < -0.3 is 19.5 Å². The van der Waals surface area contributed by atoms with Crippen molar-refractivity contribution >= 4 is 34.8 Å². The molecule has 2 aromatic carbocycles. The molecule has 2 amide bonds. The molecule has 1 aliphatic heterocycles. The van der Waals surface area contributed by atoms with Crippen LogP contribution in [0.3, 0.4) is 0 Å². The van der Waals surface area contributed by atoms with Crippen molar-refractivity contribution in [3.8, 4) is 17.0 Å². The summed E-state index contributed by atoms with van der Waals surface area (Å²) in [7, 11) is 0. The summed E-state index contributed by atoms with van der Waals surface area (Å²) in [5, 5.41) is 7.41. The van der Waals surface area contributed by atoms with Gasteiger partial charge in [-0.25, -0.2) is 0 Å². The average Bonchev–Trinajstić information content (AvgIpc) is 3.11. The molecule has 0 bridgehead atoms. The molecule has 8 heteroatoms. The summed E-state index contributed by atoms with van der Waals surface area (Å²) in [4.78, 5) is 27.7. The Hall–Kier alpha value is -3.32. The van der Waals surface area contributed by atoms with E-state index >= 15 is 0 Å². The Bertz CT molecular complexity index is 1200. The molecule has 4 rings (SSSR count). The van der Waals surface area contributed by atoms with Gasteiger partial charge in [-0.2, -0.15) is 0 Å². The molecule has 0 fully saturated rings. The highest BCUT2D eigenvalue weighted by Gasteiger charge is 2.37. The van der Waals surface area contributed by atoms with Crippen LogP contribution in [0.5, 0.6) is 5.75 Å². The zero-order valence-corrected chi connectivity index (χ0v) is 19.1. The molecular formula is C24H24ClN3O4. The number of rotatable bonds is 4. The predicted molar refractivity (Wildman–Crippen MR) is 123 cm³/mol. The highest BCUT2D eigenvalue weighted by Crippen LogP contribution is 2.38. The van der Waals surface area contributed by atoms with E-state index in [1.54, 1.807) is 48.2 Å². The van der Waals surface area contributed by atoms with E-state index in [-0.39, 0.29) is 18.4 Å². The number of aryl methyl sites for hydroxylation is 1. The van der Waals surface area contributed by atoms with Crippen molar-refractivity contribution < 1.29 is 18.8 Å². The minimum atomic E-state index is -0.651. The normalized spacial score (nSPS) is 15.0. The number of carbonyl (C=O) groups excluding carboxylic acids is 2. The van der Waals surface area contributed by atoms with Crippen molar-refractivity contribution in [3.63, 3.8) is 0 Å². The van der Waals surface area contributed by atoms with Gasteiger partial charge in [0.1, 0.15) is 29.4 Å². The summed E-state index contributed by atoms with van der Waals surface area (Å²) in [6.45, 7) is 8.08. The van der Waals surface area contributed by atoms with Gasteiger partial charge in [-0.05, 0) is 45.9 Å². The molecular weight excluding hydrogens is 430 g/mol. The van der Waals surface area contributed by atoms with Crippen LogP contribution in [-0.4, -0.2) is 30.1 Å². The van der Waals surface area contributed by atoms with Crippen molar-refractivity contribution in [1.82, 2.24) is 5.16 Å². The number of amides is 2. The van der Waals surface area contributed by atoms with E-state index in [4.69, 9.17) is 20.9 Å². The van der Waals surface area contributed by atoms with Crippen molar-refractivity contribution in [3.05, 3.63) is 58.8 Å². The number of hydrogen-bond acceptors (Lipinski definition) is 5. The van der Waals surface area contributed by atoms with Crippen molar-refractivity contribution in [1.29, 1.82) is 0 Å². The van der Waals surface area contributed by atoms with Gasteiger partial charge >= 0.3 is 0 Å². The van der Waals surface area contributed by atoms with Crippen LogP contribution in [0.25, 0.3) is 11.3 Å². The van der Waals surface area contributed by atoms with Crippen molar-refractivity contribution in [2.24, 2.45) is 5.41 Å². The molecule has 0 saturated heterocycles. The molecule has 0 spiro atoms. The Labute approximate surface area is 191 Å². The molecule has 1 aliphatic rings. The first kappa shape index (κ1) is 21.9. The van der Waals surface area contributed by atoms with E-state index in [1.807, 2.05) is 26.8 Å². The van der Waals surface area contributed by atoms with Crippen molar-refractivity contribution in [2.45, 2.75) is 27.7 Å². The first-order valence-electron chi connectivity index (χ1n) is 10.3. The SMILES string of the molecule is CCN1C(=O)C(C)(C)COc2cc(NC(=O)c3c(-c4ccccc4Cl)noc3C)ccc21. The van der Waals surface area contributed by atoms with Crippen LogP contribution in [0.1, 0.15) is 36.9 Å². The lowest BCUT2D eigenvalue weighted by Gasteiger charge is -2.26. The Balaban J connectivity index is 1.66. The van der Waals surface area contributed by atoms with Crippen molar-refractivity contribution in [2.75, 3.05) is 23.4 Å².